The summed E-state index contributed by atoms with van der Waals surface area (Å²) in [5, 5.41) is 0. The molecule has 92 valence electrons. The average molecular weight is 251 g/mol. The molecule has 1 aromatic rings. The zero-order chi connectivity index (χ0) is 11.7. The van der Waals surface area contributed by atoms with Gasteiger partial charge in [0.15, 0.2) is 0 Å². The van der Waals surface area contributed by atoms with Crippen LogP contribution in [0.5, 0.6) is 0 Å². The Balaban J connectivity index is 1.57. The molecular weight excluding hydrogens is 233 g/mol. The van der Waals surface area contributed by atoms with Crippen molar-refractivity contribution in [3.05, 3.63) is 30.1 Å². The molecule has 3 fully saturated rings. The molecule has 0 spiro atoms. The number of nitrogens with zero attached hydrogens (tertiary/aromatic N) is 1. The van der Waals surface area contributed by atoms with E-state index in [1.807, 2.05) is 17.8 Å². The van der Waals surface area contributed by atoms with Crippen molar-refractivity contribution in [3.63, 3.8) is 0 Å². The van der Waals surface area contributed by atoms with Gasteiger partial charge in [-0.25, -0.2) is 4.39 Å². The molecule has 0 N–H and O–H groups in total. The van der Waals surface area contributed by atoms with Gasteiger partial charge in [-0.3, -0.25) is 0 Å². The van der Waals surface area contributed by atoms with E-state index in [-0.39, 0.29) is 5.82 Å². The SMILES string of the molecule is Fc1cccc(SC[C@H]2CN3CCC2CC3)c1. The molecule has 2 bridgehead atoms. The van der Waals surface area contributed by atoms with E-state index in [9.17, 15) is 4.39 Å². The summed E-state index contributed by atoms with van der Waals surface area (Å²) in [6.07, 6.45) is 2.74. The van der Waals surface area contributed by atoms with Gasteiger partial charge in [0, 0.05) is 17.2 Å². The summed E-state index contributed by atoms with van der Waals surface area (Å²) in [6, 6.07) is 6.97. The van der Waals surface area contributed by atoms with E-state index < -0.39 is 0 Å². The van der Waals surface area contributed by atoms with Crippen molar-refractivity contribution in [3.8, 4) is 0 Å². The number of rotatable bonds is 3. The third-order valence-electron chi connectivity index (χ3n) is 4.05. The second kappa shape index (κ2) is 4.99. The van der Waals surface area contributed by atoms with Gasteiger partial charge in [-0.15, -0.1) is 11.8 Å². The summed E-state index contributed by atoms with van der Waals surface area (Å²) in [5.74, 6) is 2.75. The van der Waals surface area contributed by atoms with E-state index in [4.69, 9.17) is 0 Å². The molecule has 3 aliphatic heterocycles. The molecule has 3 heterocycles. The number of hydrogen-bond donors (Lipinski definition) is 0. The average Bonchev–Trinajstić information content (AvgIpc) is 2.38. The molecule has 0 aromatic heterocycles. The van der Waals surface area contributed by atoms with E-state index in [0.29, 0.717) is 0 Å². The van der Waals surface area contributed by atoms with E-state index in [0.717, 1.165) is 22.5 Å². The Bertz CT molecular complexity index is 388. The van der Waals surface area contributed by atoms with Crippen LogP contribution in [0.4, 0.5) is 4.39 Å². The predicted octanol–water partition coefficient (Wildman–Crippen LogP) is 3.26. The van der Waals surface area contributed by atoms with Gasteiger partial charge in [-0.05, 0) is 56.0 Å². The minimum absolute atomic E-state index is 0.121. The quantitative estimate of drug-likeness (QED) is 0.759. The lowest BCUT2D eigenvalue weighted by Gasteiger charge is -2.44. The first kappa shape index (κ1) is 11.5. The summed E-state index contributed by atoms with van der Waals surface area (Å²) < 4.78 is 13.1. The lowest BCUT2D eigenvalue weighted by molar-refractivity contribution is 0.0626. The molecule has 0 amide bonds. The van der Waals surface area contributed by atoms with Crippen LogP contribution in [0.25, 0.3) is 0 Å². The first-order chi connectivity index (χ1) is 8.31. The minimum atomic E-state index is -0.121. The Kier molecular flexibility index (Phi) is 3.39. The molecule has 0 radical (unpaired) electrons. The summed E-state index contributed by atoms with van der Waals surface area (Å²) >= 11 is 1.81. The highest BCUT2D eigenvalue weighted by molar-refractivity contribution is 7.99. The third-order valence-corrected chi connectivity index (χ3v) is 5.23. The Morgan fingerprint density at radius 2 is 2.12 bits per heavy atom. The highest BCUT2D eigenvalue weighted by atomic mass is 32.2. The molecule has 0 aliphatic carbocycles. The predicted molar refractivity (Wildman–Crippen MR) is 69.8 cm³/mol. The fourth-order valence-corrected chi connectivity index (χ4v) is 4.19. The van der Waals surface area contributed by atoms with Crippen LogP contribution in [0.1, 0.15) is 12.8 Å². The van der Waals surface area contributed by atoms with Crippen LogP contribution in [0, 0.1) is 17.7 Å². The molecule has 0 unspecified atom stereocenters. The fourth-order valence-electron chi connectivity index (χ4n) is 3.04. The van der Waals surface area contributed by atoms with Crippen LogP contribution in [0.2, 0.25) is 0 Å². The van der Waals surface area contributed by atoms with Crippen molar-refractivity contribution in [1.82, 2.24) is 4.90 Å². The molecule has 1 atom stereocenters. The van der Waals surface area contributed by atoms with Gasteiger partial charge < -0.3 is 4.90 Å². The van der Waals surface area contributed by atoms with E-state index in [1.165, 1.54) is 38.5 Å². The van der Waals surface area contributed by atoms with Gasteiger partial charge in [0.05, 0.1) is 0 Å². The highest BCUT2D eigenvalue weighted by Crippen LogP contribution is 2.35. The van der Waals surface area contributed by atoms with Crippen LogP contribution in [0.3, 0.4) is 0 Å². The van der Waals surface area contributed by atoms with Crippen LogP contribution in [0.15, 0.2) is 29.2 Å². The van der Waals surface area contributed by atoms with Crippen molar-refractivity contribution >= 4 is 11.8 Å². The van der Waals surface area contributed by atoms with Crippen molar-refractivity contribution < 1.29 is 4.39 Å². The van der Waals surface area contributed by atoms with Gasteiger partial charge in [-0.1, -0.05) is 6.07 Å². The number of benzene rings is 1. The first-order valence-corrected chi connectivity index (χ1v) is 7.40. The summed E-state index contributed by atoms with van der Waals surface area (Å²) in [5.41, 5.74) is 0. The van der Waals surface area contributed by atoms with Crippen molar-refractivity contribution in [2.24, 2.45) is 11.8 Å². The van der Waals surface area contributed by atoms with Crippen LogP contribution >= 0.6 is 11.8 Å². The normalized spacial score (nSPS) is 31.7. The molecule has 17 heavy (non-hydrogen) atoms. The van der Waals surface area contributed by atoms with Crippen LogP contribution < -0.4 is 0 Å². The van der Waals surface area contributed by atoms with Gasteiger partial charge in [0.1, 0.15) is 5.82 Å². The van der Waals surface area contributed by atoms with Crippen molar-refractivity contribution in [2.45, 2.75) is 17.7 Å². The number of hydrogen-bond acceptors (Lipinski definition) is 2. The first-order valence-electron chi connectivity index (χ1n) is 6.42. The second-order valence-electron chi connectivity index (χ2n) is 5.17. The van der Waals surface area contributed by atoms with E-state index in [2.05, 4.69) is 4.90 Å². The molecule has 3 heteroatoms. The zero-order valence-electron chi connectivity index (χ0n) is 9.94. The molecular formula is C14H18FNS. The Morgan fingerprint density at radius 1 is 1.29 bits per heavy atom. The molecule has 0 saturated carbocycles. The zero-order valence-corrected chi connectivity index (χ0v) is 10.8. The van der Waals surface area contributed by atoms with Crippen molar-refractivity contribution in [1.29, 1.82) is 0 Å². The number of piperidine rings is 3. The van der Waals surface area contributed by atoms with Gasteiger partial charge in [-0.2, -0.15) is 0 Å². The summed E-state index contributed by atoms with van der Waals surface area (Å²) in [7, 11) is 0. The Labute approximate surface area is 106 Å². The molecule has 4 rings (SSSR count). The minimum Gasteiger partial charge on any atom is -0.303 e. The van der Waals surface area contributed by atoms with E-state index in [1.54, 1.807) is 12.1 Å². The maximum absolute atomic E-state index is 13.1. The van der Waals surface area contributed by atoms with E-state index >= 15 is 0 Å². The summed E-state index contributed by atoms with van der Waals surface area (Å²) in [4.78, 5) is 3.65. The number of halogens is 1. The Morgan fingerprint density at radius 3 is 2.76 bits per heavy atom. The molecule has 1 aromatic carbocycles. The fraction of sp³-hybridized carbons (Fsp3) is 0.571. The number of fused-ring (bicyclic) bond motifs is 3. The van der Waals surface area contributed by atoms with Gasteiger partial charge in [0.2, 0.25) is 0 Å². The highest BCUT2D eigenvalue weighted by Gasteiger charge is 2.33. The lowest BCUT2D eigenvalue weighted by atomic mass is 9.80. The lowest BCUT2D eigenvalue weighted by Crippen LogP contribution is -2.48. The van der Waals surface area contributed by atoms with Crippen molar-refractivity contribution in [2.75, 3.05) is 25.4 Å². The monoisotopic (exact) mass is 251 g/mol. The standard InChI is InChI=1S/C14H18FNS/c15-13-2-1-3-14(8-13)17-10-12-9-16-6-4-11(12)5-7-16/h1-3,8,11-12H,4-7,9-10H2/t12-/m1/s1. The third kappa shape index (κ3) is 2.66. The van der Waals surface area contributed by atoms with Crippen LogP contribution in [-0.4, -0.2) is 30.3 Å². The molecule has 3 aliphatic rings. The maximum atomic E-state index is 13.1. The molecule has 1 nitrogen and oxygen atoms in total. The summed E-state index contributed by atoms with van der Waals surface area (Å²) in [6.45, 7) is 3.85. The van der Waals surface area contributed by atoms with Gasteiger partial charge in [0.25, 0.3) is 0 Å². The Hall–Kier alpha value is -0.540. The number of thioether (sulfide) groups is 1. The molecule has 3 saturated heterocycles. The second-order valence-corrected chi connectivity index (χ2v) is 6.26. The topological polar surface area (TPSA) is 3.24 Å². The maximum Gasteiger partial charge on any atom is 0.124 e. The van der Waals surface area contributed by atoms with Crippen LogP contribution in [-0.2, 0) is 0 Å². The largest absolute Gasteiger partial charge is 0.303 e. The van der Waals surface area contributed by atoms with Gasteiger partial charge >= 0.3 is 0 Å². The smallest absolute Gasteiger partial charge is 0.124 e.